The number of esters is 1. The zero-order chi connectivity index (χ0) is 13.5. The first kappa shape index (κ1) is 16.0. The van der Waals surface area contributed by atoms with Gasteiger partial charge in [-0.25, -0.2) is 0 Å². The summed E-state index contributed by atoms with van der Waals surface area (Å²) in [5.41, 5.74) is 1.49. The second-order valence-electron chi connectivity index (χ2n) is 5.67. The van der Waals surface area contributed by atoms with E-state index in [0.717, 1.165) is 12.8 Å². The lowest BCUT2D eigenvalue weighted by molar-refractivity contribution is -0.145. The summed E-state index contributed by atoms with van der Waals surface area (Å²) in [6, 6.07) is 0. The summed E-state index contributed by atoms with van der Waals surface area (Å²) in [6.07, 6.45) is 6.09. The normalized spacial score (nSPS) is 13.7. The molecule has 0 aliphatic carbocycles. The highest BCUT2D eigenvalue weighted by atomic mass is 16.5. The van der Waals surface area contributed by atoms with Crippen LogP contribution in [0.5, 0.6) is 0 Å². The predicted molar refractivity (Wildman–Crippen MR) is 72.8 cm³/mol. The van der Waals surface area contributed by atoms with Crippen LogP contribution in [0.25, 0.3) is 0 Å². The summed E-state index contributed by atoms with van der Waals surface area (Å²) in [7, 11) is 0. The Morgan fingerprint density at radius 3 is 2.47 bits per heavy atom. The van der Waals surface area contributed by atoms with Crippen molar-refractivity contribution in [2.75, 3.05) is 0 Å². The monoisotopic (exact) mass is 238 g/mol. The molecule has 0 saturated carbocycles. The molecule has 2 nitrogen and oxygen atoms in total. The Kier molecular flexibility index (Phi) is 6.86. The molecule has 0 aromatic heterocycles. The first-order valence-electron chi connectivity index (χ1n) is 6.27. The number of carbonyl (C=O) groups excluding carboxylic acids is 1. The Bertz CT molecular complexity index is 282. The van der Waals surface area contributed by atoms with Gasteiger partial charge in [-0.1, -0.05) is 45.9 Å². The molecule has 17 heavy (non-hydrogen) atoms. The number of ether oxygens (including phenoxy) is 1. The maximum absolute atomic E-state index is 11.0. The Balaban J connectivity index is 3.94. The Hall–Kier alpha value is -1.05. The van der Waals surface area contributed by atoms with Crippen LogP contribution >= 0.6 is 0 Å². The molecule has 1 unspecified atom stereocenters. The molecule has 0 aliphatic rings. The molecule has 0 fully saturated rings. The van der Waals surface area contributed by atoms with Gasteiger partial charge in [-0.05, 0) is 31.3 Å². The lowest BCUT2D eigenvalue weighted by Crippen LogP contribution is -2.11. The highest BCUT2D eigenvalue weighted by molar-refractivity contribution is 5.69. The van der Waals surface area contributed by atoms with Crippen LogP contribution in [0.2, 0.25) is 0 Å². The number of rotatable bonds is 6. The van der Waals surface area contributed by atoms with Crippen molar-refractivity contribution < 1.29 is 9.53 Å². The second-order valence-corrected chi connectivity index (χ2v) is 5.67. The van der Waals surface area contributed by atoms with Crippen molar-refractivity contribution in [2.24, 2.45) is 5.41 Å². The van der Waals surface area contributed by atoms with Gasteiger partial charge < -0.3 is 4.74 Å². The van der Waals surface area contributed by atoms with Gasteiger partial charge in [0.1, 0.15) is 6.10 Å². The maximum atomic E-state index is 11.0. The quantitative estimate of drug-likeness (QED) is 0.510. The fourth-order valence-electron chi connectivity index (χ4n) is 1.58. The predicted octanol–water partition coefficient (Wildman–Crippen LogP) is 4.27. The largest absolute Gasteiger partial charge is 0.458 e. The third-order valence-electron chi connectivity index (χ3n) is 2.20. The number of carbonyl (C=O) groups is 1. The van der Waals surface area contributed by atoms with E-state index in [1.807, 2.05) is 19.1 Å². The van der Waals surface area contributed by atoms with Crippen LogP contribution in [0.1, 0.15) is 53.9 Å². The van der Waals surface area contributed by atoms with Crippen LogP contribution in [-0.2, 0) is 9.53 Å². The second kappa shape index (κ2) is 7.31. The molecular weight excluding hydrogens is 212 g/mol. The lowest BCUT2D eigenvalue weighted by Gasteiger charge is -2.18. The topological polar surface area (TPSA) is 26.3 Å². The molecule has 0 radical (unpaired) electrons. The molecule has 0 rings (SSSR count). The third kappa shape index (κ3) is 9.86. The molecule has 0 bridgehead atoms. The average molecular weight is 238 g/mol. The molecule has 0 heterocycles. The van der Waals surface area contributed by atoms with E-state index in [1.54, 1.807) is 6.92 Å². The lowest BCUT2D eigenvalue weighted by atomic mass is 9.87. The minimum Gasteiger partial charge on any atom is -0.458 e. The van der Waals surface area contributed by atoms with Crippen molar-refractivity contribution in [3.63, 3.8) is 0 Å². The van der Waals surface area contributed by atoms with Gasteiger partial charge in [0, 0.05) is 6.42 Å². The Morgan fingerprint density at radius 1 is 1.41 bits per heavy atom. The Labute approximate surface area is 106 Å². The van der Waals surface area contributed by atoms with Crippen LogP contribution in [0.15, 0.2) is 24.3 Å². The van der Waals surface area contributed by atoms with E-state index in [-0.39, 0.29) is 17.5 Å². The van der Waals surface area contributed by atoms with Crippen molar-refractivity contribution in [1.29, 1.82) is 0 Å². The van der Waals surface area contributed by atoms with E-state index in [1.165, 1.54) is 5.57 Å². The summed E-state index contributed by atoms with van der Waals surface area (Å²) >= 11 is 0. The summed E-state index contributed by atoms with van der Waals surface area (Å²) in [6.45, 7) is 14.3. The van der Waals surface area contributed by atoms with Crippen LogP contribution < -0.4 is 0 Å². The van der Waals surface area contributed by atoms with Crippen molar-refractivity contribution in [3.8, 4) is 0 Å². The van der Waals surface area contributed by atoms with E-state index < -0.39 is 0 Å². The Morgan fingerprint density at radius 2 is 2.00 bits per heavy atom. The maximum Gasteiger partial charge on any atom is 0.306 e. The van der Waals surface area contributed by atoms with E-state index in [9.17, 15) is 4.79 Å². The van der Waals surface area contributed by atoms with Crippen molar-refractivity contribution in [3.05, 3.63) is 24.3 Å². The van der Waals surface area contributed by atoms with Crippen molar-refractivity contribution in [1.82, 2.24) is 0 Å². The smallest absolute Gasteiger partial charge is 0.306 e. The fraction of sp³-hybridized carbons (Fsp3) is 0.667. The number of allylic oxidation sites excluding steroid dienone is 2. The molecule has 0 N–H and O–H groups in total. The van der Waals surface area contributed by atoms with Crippen LogP contribution in [-0.4, -0.2) is 12.1 Å². The van der Waals surface area contributed by atoms with Gasteiger partial charge in [0.25, 0.3) is 0 Å². The fourth-order valence-corrected chi connectivity index (χ4v) is 1.58. The van der Waals surface area contributed by atoms with Gasteiger partial charge in [0.2, 0.25) is 0 Å². The molecule has 0 aromatic rings. The molecule has 2 heteroatoms. The molecule has 0 amide bonds. The standard InChI is InChI=1S/C15H26O2/c1-7-14(16)17-13(3)10-8-9-12(2)11-15(4,5)6/h8,10,13H,2,7,9,11H2,1,3-6H3/b10-8+. The highest BCUT2D eigenvalue weighted by Gasteiger charge is 2.11. The zero-order valence-electron chi connectivity index (χ0n) is 11.9. The summed E-state index contributed by atoms with van der Waals surface area (Å²) in [5, 5.41) is 0. The third-order valence-corrected chi connectivity index (χ3v) is 2.20. The van der Waals surface area contributed by atoms with E-state index in [0.29, 0.717) is 6.42 Å². The highest BCUT2D eigenvalue weighted by Crippen LogP contribution is 2.24. The van der Waals surface area contributed by atoms with Gasteiger partial charge in [-0.15, -0.1) is 0 Å². The molecule has 1 atom stereocenters. The minimum atomic E-state index is -0.157. The van der Waals surface area contributed by atoms with Crippen molar-refractivity contribution >= 4 is 5.97 Å². The van der Waals surface area contributed by atoms with Gasteiger partial charge >= 0.3 is 5.97 Å². The summed E-state index contributed by atoms with van der Waals surface area (Å²) in [5.74, 6) is -0.157. The van der Waals surface area contributed by atoms with Crippen LogP contribution in [0.4, 0.5) is 0 Å². The van der Waals surface area contributed by atoms with Gasteiger partial charge in [-0.2, -0.15) is 0 Å². The van der Waals surface area contributed by atoms with Crippen LogP contribution in [0.3, 0.4) is 0 Å². The molecule has 98 valence electrons. The SMILES string of the molecule is C=C(C/C=C/C(C)OC(=O)CC)CC(C)(C)C. The molecular formula is C15H26O2. The van der Waals surface area contributed by atoms with Crippen molar-refractivity contribution in [2.45, 2.75) is 60.0 Å². The van der Waals surface area contributed by atoms with Gasteiger partial charge in [-0.3, -0.25) is 4.79 Å². The van der Waals surface area contributed by atoms with E-state index in [2.05, 4.69) is 27.4 Å². The summed E-state index contributed by atoms with van der Waals surface area (Å²) in [4.78, 5) is 11.0. The number of hydrogen-bond acceptors (Lipinski definition) is 2. The van der Waals surface area contributed by atoms with E-state index in [4.69, 9.17) is 4.74 Å². The molecule has 0 aliphatic heterocycles. The molecule has 0 spiro atoms. The van der Waals surface area contributed by atoms with Crippen LogP contribution in [0, 0.1) is 5.41 Å². The summed E-state index contributed by atoms with van der Waals surface area (Å²) < 4.78 is 5.13. The first-order valence-corrected chi connectivity index (χ1v) is 6.27. The average Bonchev–Trinajstić information content (AvgIpc) is 2.14. The number of hydrogen-bond donors (Lipinski definition) is 0. The zero-order valence-corrected chi connectivity index (χ0v) is 11.9. The minimum absolute atomic E-state index is 0.148. The van der Waals surface area contributed by atoms with E-state index >= 15 is 0 Å². The molecule has 0 aromatic carbocycles. The first-order chi connectivity index (χ1) is 7.74. The van der Waals surface area contributed by atoms with Gasteiger partial charge in [0.05, 0.1) is 0 Å². The molecule has 0 saturated heterocycles. The van der Waals surface area contributed by atoms with Gasteiger partial charge in [0.15, 0.2) is 0 Å².